The van der Waals surface area contributed by atoms with Crippen molar-refractivity contribution in [3.8, 4) is 0 Å². The van der Waals surface area contributed by atoms with Gasteiger partial charge in [-0.2, -0.15) is 12.6 Å². The molecule has 0 heterocycles. The van der Waals surface area contributed by atoms with Crippen LogP contribution < -0.4 is 0 Å². The Morgan fingerprint density at radius 2 is 1.69 bits per heavy atom. The highest BCUT2D eigenvalue weighted by Crippen LogP contribution is 2.10. The standard InChI is InChI=1S/C12H27NO2S/c1-4-5-12(11-16)10-13(6-8-14-2)7-9-15-3/h12,16H,4-11H2,1-3H3. The molecule has 0 spiro atoms. The Labute approximate surface area is 106 Å². The molecular weight excluding hydrogens is 222 g/mol. The summed E-state index contributed by atoms with van der Waals surface area (Å²) in [5.74, 6) is 1.65. The predicted molar refractivity (Wildman–Crippen MR) is 72.4 cm³/mol. The van der Waals surface area contributed by atoms with E-state index in [-0.39, 0.29) is 0 Å². The number of hydrogen-bond donors (Lipinski definition) is 1. The number of methoxy groups -OCH3 is 2. The zero-order chi connectivity index (χ0) is 12.2. The summed E-state index contributed by atoms with van der Waals surface area (Å²) in [6.07, 6.45) is 2.48. The van der Waals surface area contributed by atoms with Crippen LogP contribution in [0.4, 0.5) is 0 Å². The molecule has 1 atom stereocenters. The van der Waals surface area contributed by atoms with Crippen LogP contribution in [0.1, 0.15) is 19.8 Å². The second-order valence-corrected chi connectivity index (χ2v) is 4.49. The minimum atomic E-state index is 0.682. The third-order valence-electron chi connectivity index (χ3n) is 2.69. The highest BCUT2D eigenvalue weighted by Gasteiger charge is 2.12. The first-order valence-corrected chi connectivity index (χ1v) is 6.72. The molecule has 0 aromatic heterocycles. The van der Waals surface area contributed by atoms with Crippen molar-refractivity contribution in [2.75, 3.05) is 52.8 Å². The first-order valence-electron chi connectivity index (χ1n) is 6.09. The number of thiol groups is 1. The van der Waals surface area contributed by atoms with Crippen LogP contribution in [0.5, 0.6) is 0 Å². The summed E-state index contributed by atoms with van der Waals surface area (Å²) in [4.78, 5) is 2.41. The molecule has 3 nitrogen and oxygen atoms in total. The van der Waals surface area contributed by atoms with E-state index in [0.717, 1.165) is 38.6 Å². The molecule has 0 fully saturated rings. The molecule has 0 aliphatic rings. The second-order valence-electron chi connectivity index (χ2n) is 4.12. The fraction of sp³-hybridized carbons (Fsp3) is 1.00. The van der Waals surface area contributed by atoms with Gasteiger partial charge in [-0.3, -0.25) is 4.90 Å². The van der Waals surface area contributed by atoms with Crippen LogP contribution >= 0.6 is 12.6 Å². The molecule has 0 rings (SSSR count). The van der Waals surface area contributed by atoms with Crippen molar-refractivity contribution in [3.05, 3.63) is 0 Å². The van der Waals surface area contributed by atoms with E-state index in [9.17, 15) is 0 Å². The fourth-order valence-electron chi connectivity index (χ4n) is 1.75. The lowest BCUT2D eigenvalue weighted by Crippen LogP contribution is -2.35. The quantitative estimate of drug-likeness (QED) is 0.566. The van der Waals surface area contributed by atoms with E-state index in [1.54, 1.807) is 14.2 Å². The Kier molecular flexibility index (Phi) is 11.9. The van der Waals surface area contributed by atoms with Gasteiger partial charge in [-0.15, -0.1) is 0 Å². The molecule has 0 amide bonds. The van der Waals surface area contributed by atoms with Gasteiger partial charge in [-0.1, -0.05) is 13.3 Å². The van der Waals surface area contributed by atoms with E-state index in [2.05, 4.69) is 24.5 Å². The normalized spacial score (nSPS) is 13.3. The number of hydrogen-bond acceptors (Lipinski definition) is 4. The second kappa shape index (κ2) is 11.7. The van der Waals surface area contributed by atoms with Crippen molar-refractivity contribution in [2.24, 2.45) is 5.92 Å². The summed E-state index contributed by atoms with van der Waals surface area (Å²) < 4.78 is 10.3. The van der Waals surface area contributed by atoms with Gasteiger partial charge in [0.1, 0.15) is 0 Å². The Morgan fingerprint density at radius 3 is 2.06 bits per heavy atom. The van der Waals surface area contributed by atoms with Crippen molar-refractivity contribution in [2.45, 2.75) is 19.8 Å². The van der Waals surface area contributed by atoms with E-state index in [1.807, 2.05) is 0 Å². The van der Waals surface area contributed by atoms with Crippen molar-refractivity contribution in [1.29, 1.82) is 0 Å². The van der Waals surface area contributed by atoms with Gasteiger partial charge in [-0.05, 0) is 18.1 Å². The molecule has 0 aliphatic carbocycles. The van der Waals surface area contributed by atoms with Gasteiger partial charge in [0.25, 0.3) is 0 Å². The molecule has 1 unspecified atom stereocenters. The summed E-state index contributed by atoms with van der Waals surface area (Å²) in [5, 5.41) is 0. The molecule has 0 aromatic carbocycles. The molecule has 98 valence electrons. The molecule has 0 N–H and O–H groups in total. The van der Waals surface area contributed by atoms with Crippen molar-refractivity contribution >= 4 is 12.6 Å². The maximum Gasteiger partial charge on any atom is 0.0589 e. The highest BCUT2D eigenvalue weighted by molar-refractivity contribution is 7.80. The van der Waals surface area contributed by atoms with Crippen LogP contribution in [-0.2, 0) is 9.47 Å². The summed E-state index contributed by atoms with van der Waals surface area (Å²) >= 11 is 4.42. The molecule has 0 bridgehead atoms. The maximum atomic E-state index is 5.13. The summed E-state index contributed by atoms with van der Waals surface area (Å²) in [5.41, 5.74) is 0. The zero-order valence-electron chi connectivity index (χ0n) is 10.9. The number of rotatable bonds is 11. The van der Waals surface area contributed by atoms with E-state index in [4.69, 9.17) is 9.47 Å². The van der Waals surface area contributed by atoms with E-state index in [1.165, 1.54) is 12.8 Å². The van der Waals surface area contributed by atoms with E-state index >= 15 is 0 Å². The van der Waals surface area contributed by atoms with Gasteiger partial charge in [0.15, 0.2) is 0 Å². The molecule has 0 aromatic rings. The molecule has 0 saturated heterocycles. The molecule has 4 heteroatoms. The molecule has 0 aliphatic heterocycles. The lowest BCUT2D eigenvalue weighted by Gasteiger charge is -2.26. The third kappa shape index (κ3) is 8.39. The Bertz CT molecular complexity index is 139. The lowest BCUT2D eigenvalue weighted by molar-refractivity contribution is 0.105. The lowest BCUT2D eigenvalue weighted by atomic mass is 10.1. The minimum Gasteiger partial charge on any atom is -0.383 e. The topological polar surface area (TPSA) is 21.7 Å². The van der Waals surface area contributed by atoms with Crippen LogP contribution in [-0.4, -0.2) is 57.7 Å². The van der Waals surface area contributed by atoms with Gasteiger partial charge in [0.2, 0.25) is 0 Å². The maximum absolute atomic E-state index is 5.13. The number of nitrogens with zero attached hydrogens (tertiary/aromatic N) is 1. The van der Waals surface area contributed by atoms with Crippen molar-refractivity contribution in [3.63, 3.8) is 0 Å². The van der Waals surface area contributed by atoms with Crippen LogP contribution in [0.2, 0.25) is 0 Å². The Balaban J connectivity index is 3.94. The summed E-state index contributed by atoms with van der Waals surface area (Å²) in [6, 6.07) is 0. The van der Waals surface area contributed by atoms with Crippen molar-refractivity contribution in [1.82, 2.24) is 4.90 Å². The minimum absolute atomic E-state index is 0.682. The average molecular weight is 249 g/mol. The Morgan fingerprint density at radius 1 is 1.12 bits per heavy atom. The first-order chi connectivity index (χ1) is 7.78. The Hall–Kier alpha value is 0.230. The molecule has 0 saturated carbocycles. The zero-order valence-corrected chi connectivity index (χ0v) is 11.8. The van der Waals surface area contributed by atoms with Crippen molar-refractivity contribution < 1.29 is 9.47 Å². The van der Waals surface area contributed by atoms with Gasteiger partial charge < -0.3 is 9.47 Å². The average Bonchev–Trinajstić information content (AvgIpc) is 2.31. The van der Waals surface area contributed by atoms with Crippen LogP contribution in [0, 0.1) is 5.92 Å². The highest BCUT2D eigenvalue weighted by atomic mass is 32.1. The summed E-state index contributed by atoms with van der Waals surface area (Å²) in [7, 11) is 3.49. The molecule has 0 radical (unpaired) electrons. The SMILES string of the molecule is CCCC(CS)CN(CCOC)CCOC. The first kappa shape index (κ1) is 16.2. The summed E-state index contributed by atoms with van der Waals surface area (Å²) in [6.45, 7) is 6.86. The molecular formula is C12H27NO2S. The van der Waals surface area contributed by atoms with Gasteiger partial charge >= 0.3 is 0 Å². The predicted octanol–water partition coefficient (Wildman–Crippen LogP) is 1.93. The fourth-order valence-corrected chi connectivity index (χ4v) is 2.05. The van der Waals surface area contributed by atoms with Gasteiger partial charge in [0.05, 0.1) is 13.2 Å². The number of ether oxygens (including phenoxy) is 2. The van der Waals surface area contributed by atoms with Crippen LogP contribution in [0.25, 0.3) is 0 Å². The van der Waals surface area contributed by atoms with Crippen LogP contribution in [0.15, 0.2) is 0 Å². The van der Waals surface area contributed by atoms with Crippen LogP contribution in [0.3, 0.4) is 0 Å². The van der Waals surface area contributed by atoms with E-state index in [0.29, 0.717) is 5.92 Å². The smallest absolute Gasteiger partial charge is 0.0589 e. The van der Waals surface area contributed by atoms with E-state index < -0.39 is 0 Å². The third-order valence-corrected chi connectivity index (χ3v) is 3.21. The largest absolute Gasteiger partial charge is 0.383 e. The monoisotopic (exact) mass is 249 g/mol. The van der Waals surface area contributed by atoms with Gasteiger partial charge in [0, 0.05) is 33.9 Å². The van der Waals surface area contributed by atoms with Gasteiger partial charge in [-0.25, -0.2) is 0 Å². The molecule has 16 heavy (non-hydrogen) atoms.